The van der Waals surface area contributed by atoms with E-state index in [1.165, 1.54) is 12.8 Å². The molecule has 0 saturated carbocycles. The molecule has 1 unspecified atom stereocenters. The van der Waals surface area contributed by atoms with Gasteiger partial charge in [0.15, 0.2) is 0 Å². The Morgan fingerprint density at radius 1 is 1.44 bits per heavy atom. The van der Waals surface area contributed by atoms with Gasteiger partial charge in [-0.15, -0.1) is 0 Å². The Labute approximate surface area is 117 Å². The van der Waals surface area contributed by atoms with Crippen LogP contribution in [0.25, 0.3) is 0 Å². The van der Waals surface area contributed by atoms with Crippen LogP contribution in [0.5, 0.6) is 0 Å². The van der Waals surface area contributed by atoms with Crippen molar-refractivity contribution in [1.82, 2.24) is 4.90 Å². The maximum absolute atomic E-state index is 12.4. The fourth-order valence-electron chi connectivity index (χ4n) is 2.70. The van der Waals surface area contributed by atoms with E-state index in [0.29, 0.717) is 5.92 Å². The zero-order valence-corrected chi connectivity index (χ0v) is 12.7. The summed E-state index contributed by atoms with van der Waals surface area (Å²) in [6.07, 6.45) is 3.61. The first-order valence-electron chi connectivity index (χ1n) is 6.66. The van der Waals surface area contributed by atoms with Crippen LogP contribution in [-0.2, 0) is 0 Å². The van der Waals surface area contributed by atoms with Crippen LogP contribution >= 0.6 is 15.9 Å². The van der Waals surface area contributed by atoms with Crippen LogP contribution in [0.1, 0.15) is 42.1 Å². The Hall–Kier alpha value is -0.830. The summed E-state index contributed by atoms with van der Waals surface area (Å²) >= 11 is 3.46. The Bertz CT molecular complexity index is 424. The summed E-state index contributed by atoms with van der Waals surface area (Å²) in [7, 11) is 0. The molecule has 2 nitrogen and oxygen atoms in total. The van der Waals surface area contributed by atoms with Crippen molar-refractivity contribution >= 4 is 21.8 Å². The first kappa shape index (κ1) is 13.6. The monoisotopic (exact) mass is 309 g/mol. The first-order chi connectivity index (χ1) is 8.60. The zero-order valence-electron chi connectivity index (χ0n) is 11.1. The van der Waals surface area contributed by atoms with Gasteiger partial charge in [0.1, 0.15) is 0 Å². The highest BCUT2D eigenvalue weighted by atomic mass is 79.9. The number of benzene rings is 1. The van der Waals surface area contributed by atoms with Gasteiger partial charge in [-0.2, -0.15) is 0 Å². The minimum atomic E-state index is 0.179. The van der Waals surface area contributed by atoms with E-state index in [-0.39, 0.29) is 5.91 Å². The summed E-state index contributed by atoms with van der Waals surface area (Å²) in [5, 5.41) is 0. The van der Waals surface area contributed by atoms with Gasteiger partial charge in [0.05, 0.1) is 0 Å². The molecule has 0 bridgehead atoms. The molecular formula is C15H20BrNO. The van der Waals surface area contributed by atoms with Gasteiger partial charge in [-0.25, -0.2) is 0 Å². The van der Waals surface area contributed by atoms with E-state index in [0.717, 1.165) is 35.1 Å². The molecule has 1 amide bonds. The smallest absolute Gasteiger partial charge is 0.253 e. The van der Waals surface area contributed by atoms with Crippen molar-refractivity contribution in [3.05, 3.63) is 33.8 Å². The number of nitrogens with zero attached hydrogens (tertiary/aromatic N) is 1. The molecule has 0 aliphatic carbocycles. The van der Waals surface area contributed by atoms with Crippen molar-refractivity contribution in [2.24, 2.45) is 5.92 Å². The lowest BCUT2D eigenvalue weighted by molar-refractivity contribution is 0.0786. The number of rotatable bonds is 3. The van der Waals surface area contributed by atoms with Gasteiger partial charge in [0.25, 0.3) is 5.91 Å². The van der Waals surface area contributed by atoms with Crippen molar-refractivity contribution in [2.45, 2.75) is 33.1 Å². The highest BCUT2D eigenvalue weighted by Crippen LogP contribution is 2.24. The van der Waals surface area contributed by atoms with Gasteiger partial charge >= 0.3 is 0 Å². The fraction of sp³-hybridized carbons (Fsp3) is 0.533. The fourth-order valence-corrected chi connectivity index (χ4v) is 3.31. The van der Waals surface area contributed by atoms with Crippen LogP contribution in [-0.4, -0.2) is 23.9 Å². The molecule has 0 N–H and O–H groups in total. The third kappa shape index (κ3) is 3.14. The molecule has 2 rings (SSSR count). The second kappa shape index (κ2) is 5.87. The van der Waals surface area contributed by atoms with E-state index in [1.807, 2.05) is 30.0 Å². The lowest BCUT2D eigenvalue weighted by Crippen LogP contribution is -2.28. The van der Waals surface area contributed by atoms with Crippen LogP contribution in [0.15, 0.2) is 22.7 Å². The summed E-state index contributed by atoms with van der Waals surface area (Å²) in [6, 6.07) is 5.92. The van der Waals surface area contributed by atoms with E-state index < -0.39 is 0 Å². The van der Waals surface area contributed by atoms with Crippen LogP contribution in [0, 0.1) is 12.8 Å². The molecule has 1 aromatic carbocycles. The van der Waals surface area contributed by atoms with Gasteiger partial charge in [0, 0.05) is 23.1 Å². The first-order valence-corrected chi connectivity index (χ1v) is 7.46. The number of hydrogen-bond donors (Lipinski definition) is 0. The third-order valence-electron chi connectivity index (χ3n) is 3.56. The zero-order chi connectivity index (χ0) is 13.1. The Morgan fingerprint density at radius 2 is 2.22 bits per heavy atom. The van der Waals surface area contributed by atoms with Crippen LogP contribution < -0.4 is 0 Å². The van der Waals surface area contributed by atoms with Gasteiger partial charge in [-0.3, -0.25) is 4.79 Å². The van der Waals surface area contributed by atoms with Crippen LogP contribution in [0.4, 0.5) is 0 Å². The standard InChI is InChI=1S/C15H20BrNO/c1-3-4-12-5-6-17(10-12)15(18)13-7-11(2)8-14(16)9-13/h7-9,12H,3-6,10H2,1-2H3. The molecule has 1 atom stereocenters. The van der Waals surface area contributed by atoms with E-state index in [9.17, 15) is 4.79 Å². The molecule has 1 aromatic rings. The van der Waals surface area contributed by atoms with Crippen molar-refractivity contribution < 1.29 is 4.79 Å². The van der Waals surface area contributed by atoms with E-state index in [1.54, 1.807) is 0 Å². The number of hydrogen-bond acceptors (Lipinski definition) is 1. The summed E-state index contributed by atoms with van der Waals surface area (Å²) in [4.78, 5) is 14.4. The molecular weight excluding hydrogens is 290 g/mol. The lowest BCUT2D eigenvalue weighted by atomic mass is 10.0. The number of halogens is 1. The number of likely N-dealkylation sites (tertiary alicyclic amines) is 1. The van der Waals surface area contributed by atoms with E-state index >= 15 is 0 Å². The van der Waals surface area contributed by atoms with Gasteiger partial charge in [-0.05, 0) is 49.4 Å². The number of aryl methyl sites for hydroxylation is 1. The second-order valence-corrected chi connectivity index (χ2v) is 6.13. The van der Waals surface area contributed by atoms with E-state index in [4.69, 9.17) is 0 Å². The molecule has 0 spiro atoms. The molecule has 1 fully saturated rings. The molecule has 1 saturated heterocycles. The number of carbonyl (C=O) groups is 1. The molecule has 3 heteroatoms. The number of carbonyl (C=O) groups excluding carboxylic acids is 1. The molecule has 1 heterocycles. The maximum Gasteiger partial charge on any atom is 0.253 e. The summed E-state index contributed by atoms with van der Waals surface area (Å²) in [5.74, 6) is 0.880. The summed E-state index contributed by atoms with van der Waals surface area (Å²) in [6.45, 7) is 6.07. The van der Waals surface area contributed by atoms with Crippen molar-refractivity contribution in [3.63, 3.8) is 0 Å². The second-order valence-electron chi connectivity index (χ2n) is 5.21. The van der Waals surface area contributed by atoms with Crippen molar-refractivity contribution in [1.29, 1.82) is 0 Å². The van der Waals surface area contributed by atoms with Gasteiger partial charge in [0.2, 0.25) is 0 Å². The topological polar surface area (TPSA) is 20.3 Å². The molecule has 0 aromatic heterocycles. The average Bonchev–Trinajstić information content (AvgIpc) is 2.76. The largest absolute Gasteiger partial charge is 0.338 e. The van der Waals surface area contributed by atoms with E-state index in [2.05, 4.69) is 22.9 Å². The predicted molar refractivity (Wildman–Crippen MR) is 77.8 cm³/mol. The Kier molecular flexibility index (Phi) is 4.44. The molecule has 98 valence electrons. The predicted octanol–water partition coefficient (Wildman–Crippen LogP) is 4.02. The Balaban J connectivity index is 2.08. The maximum atomic E-state index is 12.4. The average molecular weight is 310 g/mol. The van der Waals surface area contributed by atoms with Gasteiger partial charge < -0.3 is 4.90 Å². The minimum absolute atomic E-state index is 0.179. The molecule has 18 heavy (non-hydrogen) atoms. The van der Waals surface area contributed by atoms with Crippen molar-refractivity contribution in [3.8, 4) is 0 Å². The third-order valence-corrected chi connectivity index (χ3v) is 4.02. The number of amides is 1. The highest BCUT2D eigenvalue weighted by Gasteiger charge is 2.26. The summed E-state index contributed by atoms with van der Waals surface area (Å²) < 4.78 is 0.982. The Morgan fingerprint density at radius 3 is 2.89 bits per heavy atom. The minimum Gasteiger partial charge on any atom is -0.338 e. The molecule has 1 aliphatic rings. The quantitative estimate of drug-likeness (QED) is 0.826. The lowest BCUT2D eigenvalue weighted by Gasteiger charge is -2.17. The highest BCUT2D eigenvalue weighted by molar-refractivity contribution is 9.10. The molecule has 0 radical (unpaired) electrons. The van der Waals surface area contributed by atoms with Gasteiger partial charge in [-0.1, -0.05) is 29.3 Å². The van der Waals surface area contributed by atoms with Crippen LogP contribution in [0.2, 0.25) is 0 Å². The molecule has 1 aliphatic heterocycles. The summed E-state index contributed by atoms with van der Waals surface area (Å²) in [5.41, 5.74) is 1.93. The normalized spacial score (nSPS) is 19.3. The van der Waals surface area contributed by atoms with Crippen LogP contribution in [0.3, 0.4) is 0 Å². The van der Waals surface area contributed by atoms with Crippen molar-refractivity contribution in [2.75, 3.05) is 13.1 Å². The SMILES string of the molecule is CCCC1CCN(C(=O)c2cc(C)cc(Br)c2)C1.